The smallest absolute Gasteiger partial charge is 0.414 e. The molecule has 0 aromatic heterocycles. The highest BCUT2D eigenvalue weighted by atomic mass is 19.1. The molecule has 33 heavy (non-hydrogen) atoms. The standard InChI is InChI=1S/C22H29FN4O6/c1-14(28)24-10-17-12-27(21(30)32-17)16-3-4-20(19(23)9-16)26-7-5-22(6-8-26)31-13-18(33-22)11-25-15(2)29/h3-4,9,17-18H,5-8,10-13H2,1-2H3,(H,24,28)(H,25,29)/t17-,18?/m0/s1. The molecule has 1 aromatic rings. The predicted octanol–water partition coefficient (Wildman–Crippen LogP) is 1.13. The summed E-state index contributed by atoms with van der Waals surface area (Å²) in [5.41, 5.74) is 0.854. The highest BCUT2D eigenvalue weighted by Gasteiger charge is 2.44. The number of benzene rings is 1. The van der Waals surface area contributed by atoms with Crippen molar-refractivity contribution in [2.45, 2.75) is 44.7 Å². The van der Waals surface area contributed by atoms with Crippen LogP contribution in [0, 0.1) is 5.82 Å². The van der Waals surface area contributed by atoms with Gasteiger partial charge in [0.1, 0.15) is 18.0 Å². The molecule has 0 bridgehead atoms. The maximum Gasteiger partial charge on any atom is 0.414 e. The van der Waals surface area contributed by atoms with Crippen molar-refractivity contribution in [2.24, 2.45) is 0 Å². The first-order valence-electron chi connectivity index (χ1n) is 11.1. The van der Waals surface area contributed by atoms with E-state index in [1.807, 2.05) is 4.90 Å². The van der Waals surface area contributed by atoms with E-state index in [2.05, 4.69) is 10.6 Å². The molecule has 0 radical (unpaired) electrons. The summed E-state index contributed by atoms with van der Waals surface area (Å²) in [6.07, 6.45) is -0.0848. The molecule has 11 heteroatoms. The van der Waals surface area contributed by atoms with Crippen molar-refractivity contribution in [3.8, 4) is 0 Å². The molecule has 2 atom stereocenters. The third kappa shape index (κ3) is 5.36. The van der Waals surface area contributed by atoms with Crippen molar-refractivity contribution in [3.63, 3.8) is 0 Å². The van der Waals surface area contributed by atoms with E-state index in [9.17, 15) is 18.8 Å². The summed E-state index contributed by atoms with van der Waals surface area (Å²) in [5.74, 6) is -1.45. The Morgan fingerprint density at radius 2 is 1.79 bits per heavy atom. The zero-order valence-electron chi connectivity index (χ0n) is 18.8. The molecular formula is C22H29FN4O6. The number of carbonyl (C=O) groups is 3. The average Bonchev–Trinajstić information content (AvgIpc) is 3.35. The zero-order chi connectivity index (χ0) is 23.6. The van der Waals surface area contributed by atoms with E-state index in [4.69, 9.17) is 14.2 Å². The Bertz CT molecular complexity index is 920. The topological polar surface area (TPSA) is 109 Å². The quantitative estimate of drug-likeness (QED) is 0.650. The number of nitrogens with one attached hydrogen (secondary N) is 2. The van der Waals surface area contributed by atoms with Crippen LogP contribution in [0.25, 0.3) is 0 Å². The average molecular weight is 464 g/mol. The lowest BCUT2D eigenvalue weighted by Crippen LogP contribution is -2.46. The van der Waals surface area contributed by atoms with Gasteiger partial charge < -0.3 is 29.7 Å². The van der Waals surface area contributed by atoms with Crippen LogP contribution in [-0.2, 0) is 23.8 Å². The molecule has 180 valence electrons. The fraction of sp³-hybridized carbons (Fsp3) is 0.591. The Kier molecular flexibility index (Phi) is 6.71. The molecular weight excluding hydrogens is 435 g/mol. The molecule has 0 aliphatic carbocycles. The second-order valence-corrected chi connectivity index (χ2v) is 8.57. The SMILES string of the molecule is CC(=O)NCC1COC2(CCN(c3ccc(N4C[C@H](CNC(C)=O)OC4=O)cc3F)CC2)O1. The van der Waals surface area contributed by atoms with E-state index < -0.39 is 23.8 Å². The second kappa shape index (κ2) is 9.52. The fourth-order valence-corrected chi connectivity index (χ4v) is 4.34. The lowest BCUT2D eigenvalue weighted by atomic mass is 10.0. The Labute approximate surface area is 191 Å². The minimum Gasteiger partial charge on any atom is -0.442 e. The van der Waals surface area contributed by atoms with Gasteiger partial charge in [0.15, 0.2) is 5.79 Å². The van der Waals surface area contributed by atoms with Crippen LogP contribution in [0.2, 0.25) is 0 Å². The molecule has 1 spiro atoms. The van der Waals surface area contributed by atoms with E-state index in [1.54, 1.807) is 12.1 Å². The fourth-order valence-electron chi connectivity index (χ4n) is 4.34. The van der Waals surface area contributed by atoms with Gasteiger partial charge in [0, 0.05) is 46.3 Å². The molecule has 3 amide bonds. The Morgan fingerprint density at radius 1 is 1.12 bits per heavy atom. The van der Waals surface area contributed by atoms with Crippen molar-refractivity contribution in [1.82, 2.24) is 10.6 Å². The summed E-state index contributed by atoms with van der Waals surface area (Å²) < 4.78 is 32.2. The van der Waals surface area contributed by atoms with Crippen LogP contribution in [0.5, 0.6) is 0 Å². The molecule has 3 aliphatic heterocycles. The number of carbonyl (C=O) groups excluding carboxylic acids is 3. The summed E-state index contributed by atoms with van der Waals surface area (Å²) in [4.78, 5) is 37.7. The minimum absolute atomic E-state index is 0.112. The number of piperidine rings is 1. The molecule has 1 aromatic carbocycles. The second-order valence-electron chi connectivity index (χ2n) is 8.57. The molecule has 3 heterocycles. The third-order valence-corrected chi connectivity index (χ3v) is 6.05. The van der Waals surface area contributed by atoms with Crippen LogP contribution in [0.4, 0.5) is 20.6 Å². The molecule has 0 saturated carbocycles. The van der Waals surface area contributed by atoms with Crippen LogP contribution in [0.3, 0.4) is 0 Å². The van der Waals surface area contributed by atoms with Crippen molar-refractivity contribution < 1.29 is 33.0 Å². The van der Waals surface area contributed by atoms with Crippen LogP contribution >= 0.6 is 0 Å². The Hall–Kier alpha value is -2.92. The number of halogens is 1. The number of ether oxygens (including phenoxy) is 3. The van der Waals surface area contributed by atoms with Gasteiger partial charge in [0.05, 0.1) is 31.1 Å². The maximum atomic E-state index is 15.0. The number of amides is 3. The summed E-state index contributed by atoms with van der Waals surface area (Å²) in [5, 5.41) is 5.35. The van der Waals surface area contributed by atoms with Gasteiger partial charge in [-0.1, -0.05) is 0 Å². The van der Waals surface area contributed by atoms with E-state index in [-0.39, 0.29) is 31.0 Å². The van der Waals surface area contributed by atoms with E-state index >= 15 is 0 Å². The summed E-state index contributed by atoms with van der Waals surface area (Å²) >= 11 is 0. The van der Waals surface area contributed by atoms with Gasteiger partial charge in [0.2, 0.25) is 11.8 Å². The van der Waals surface area contributed by atoms with Gasteiger partial charge in [-0.15, -0.1) is 0 Å². The first-order chi connectivity index (χ1) is 15.7. The minimum atomic E-state index is -0.696. The highest BCUT2D eigenvalue weighted by Crippen LogP contribution is 2.37. The first kappa shape index (κ1) is 23.2. The van der Waals surface area contributed by atoms with Crippen molar-refractivity contribution >= 4 is 29.3 Å². The Balaban J connectivity index is 1.33. The van der Waals surface area contributed by atoms with Crippen molar-refractivity contribution in [1.29, 1.82) is 0 Å². The lowest BCUT2D eigenvalue weighted by molar-refractivity contribution is -0.179. The van der Waals surface area contributed by atoms with Gasteiger partial charge >= 0.3 is 6.09 Å². The van der Waals surface area contributed by atoms with E-state index in [1.165, 1.54) is 24.8 Å². The lowest BCUT2D eigenvalue weighted by Gasteiger charge is -2.39. The van der Waals surface area contributed by atoms with Crippen LogP contribution in [-0.4, -0.2) is 75.2 Å². The van der Waals surface area contributed by atoms with Gasteiger partial charge in [-0.2, -0.15) is 0 Å². The molecule has 1 unspecified atom stereocenters. The molecule has 3 aliphatic rings. The third-order valence-electron chi connectivity index (χ3n) is 6.05. The summed E-state index contributed by atoms with van der Waals surface area (Å²) in [6.45, 7) is 5.21. The first-order valence-corrected chi connectivity index (χ1v) is 11.1. The van der Waals surface area contributed by atoms with Crippen LogP contribution in [0.1, 0.15) is 26.7 Å². The van der Waals surface area contributed by atoms with Gasteiger partial charge in [-0.05, 0) is 18.2 Å². The molecule has 4 rings (SSSR count). The van der Waals surface area contributed by atoms with Crippen molar-refractivity contribution in [2.75, 3.05) is 49.1 Å². The van der Waals surface area contributed by atoms with Gasteiger partial charge in [0.25, 0.3) is 0 Å². The number of rotatable bonds is 6. The van der Waals surface area contributed by atoms with E-state index in [0.717, 1.165) is 0 Å². The zero-order valence-corrected chi connectivity index (χ0v) is 18.8. The van der Waals surface area contributed by atoms with E-state index in [0.29, 0.717) is 50.5 Å². The summed E-state index contributed by atoms with van der Waals surface area (Å²) in [6, 6.07) is 4.68. The number of anilines is 2. The number of cyclic esters (lactones) is 1. The van der Waals surface area contributed by atoms with Crippen LogP contribution in [0.15, 0.2) is 18.2 Å². The van der Waals surface area contributed by atoms with Gasteiger partial charge in [-0.25, -0.2) is 9.18 Å². The largest absolute Gasteiger partial charge is 0.442 e. The molecule has 10 nitrogen and oxygen atoms in total. The normalized spacial score (nSPS) is 24.2. The number of hydrogen-bond acceptors (Lipinski definition) is 7. The summed E-state index contributed by atoms with van der Waals surface area (Å²) in [7, 11) is 0. The number of nitrogens with zero attached hydrogens (tertiary/aromatic N) is 2. The maximum absolute atomic E-state index is 15.0. The van der Waals surface area contributed by atoms with Crippen LogP contribution < -0.4 is 20.4 Å². The Morgan fingerprint density at radius 3 is 2.42 bits per heavy atom. The monoisotopic (exact) mass is 464 g/mol. The van der Waals surface area contributed by atoms with Crippen molar-refractivity contribution in [3.05, 3.63) is 24.0 Å². The molecule has 3 saturated heterocycles. The molecule has 3 fully saturated rings. The van der Waals surface area contributed by atoms with Gasteiger partial charge in [-0.3, -0.25) is 14.5 Å². The molecule has 2 N–H and O–H groups in total. The number of hydrogen-bond donors (Lipinski definition) is 2. The highest BCUT2D eigenvalue weighted by molar-refractivity contribution is 5.90. The predicted molar refractivity (Wildman–Crippen MR) is 116 cm³/mol.